The molecule has 6 atom stereocenters. The summed E-state index contributed by atoms with van der Waals surface area (Å²) in [5.74, 6) is 2.48. The summed E-state index contributed by atoms with van der Waals surface area (Å²) >= 11 is 0. The number of rotatable bonds is 19. The maximum atomic E-state index is 12.6. The van der Waals surface area contributed by atoms with Gasteiger partial charge in [0.1, 0.15) is 30.8 Å². The van der Waals surface area contributed by atoms with Gasteiger partial charge < -0.3 is 43.7 Å². The van der Waals surface area contributed by atoms with Gasteiger partial charge in [0.15, 0.2) is 19.8 Å². The molecule has 0 spiro atoms. The van der Waals surface area contributed by atoms with Gasteiger partial charge in [0, 0.05) is 48.4 Å². The van der Waals surface area contributed by atoms with E-state index in [0.29, 0.717) is 30.3 Å². The Morgan fingerprint density at radius 1 is 1.00 bits per heavy atom. The Morgan fingerprint density at radius 2 is 1.58 bits per heavy atom. The van der Waals surface area contributed by atoms with Crippen molar-refractivity contribution in [1.82, 2.24) is 10.6 Å². The molecule has 0 radical (unpaired) electrons. The third-order valence-electron chi connectivity index (χ3n) is 7.93. The first kappa shape index (κ1) is 47.4. The molecule has 59 heavy (non-hydrogen) atoms. The van der Waals surface area contributed by atoms with Crippen molar-refractivity contribution >= 4 is 31.1 Å². The number of ether oxygens (including phenoxy) is 5. The van der Waals surface area contributed by atoms with Crippen molar-refractivity contribution in [3.63, 3.8) is 0 Å². The number of carbonyl (C=O) groups excluding carboxylic acids is 3. The van der Waals surface area contributed by atoms with Gasteiger partial charge in [0.2, 0.25) is 5.91 Å². The van der Waals surface area contributed by atoms with E-state index in [4.69, 9.17) is 44.4 Å². The zero-order chi connectivity index (χ0) is 43.4. The number of nitrogens with one attached hydrogen (secondary N) is 2. The number of carboxylic acid groups (broad SMARTS) is 1. The molecule has 0 saturated carbocycles. The first-order valence-corrected chi connectivity index (χ1v) is 20.6. The average Bonchev–Trinajstić information content (AvgIpc) is 3.57. The standard InChI is InChI=1S/C26H32N5O9P.C11H13N3O4/c1-4-37-23(30-31-27)15-38-18-9-5-7-16(11-18)24(33)28-10-6-8-17-12-19(26(35)29-25(17)34)21-13-20(32)22(40-21)14-39-41(2,3)36;1-2-17-10(13-14-12)7-18-9-5-3-4-8(6-9)11(15)16/h5,7,9,11-12,19-23,32H,4,10,13-15H2,1-3H3,(H,28,33)(H,29,34,35);3-6,10H,2,7H2,1H3,(H,15,16). The number of hydrogen-bond acceptors (Lipinski definition) is 14. The first-order valence-electron chi connectivity index (χ1n) is 18.1. The summed E-state index contributed by atoms with van der Waals surface area (Å²) < 4.78 is 44.1. The highest BCUT2D eigenvalue weighted by atomic mass is 31.2. The van der Waals surface area contributed by atoms with E-state index in [2.05, 4.69) is 42.5 Å². The van der Waals surface area contributed by atoms with E-state index in [9.17, 15) is 28.8 Å². The average molecular weight is 841 g/mol. The fraction of sp³-hybridized carbons (Fsp3) is 0.459. The topological polar surface area (TPSA) is 303 Å². The molecule has 0 aliphatic carbocycles. The van der Waals surface area contributed by atoms with Gasteiger partial charge in [-0.05, 0) is 67.4 Å². The molecule has 6 unspecified atom stereocenters. The lowest BCUT2D eigenvalue weighted by atomic mass is 9.92. The summed E-state index contributed by atoms with van der Waals surface area (Å²) in [7, 11) is -2.78. The molecule has 2 aliphatic rings. The lowest BCUT2D eigenvalue weighted by molar-refractivity contribution is -0.134. The second-order valence-corrected chi connectivity index (χ2v) is 15.4. The summed E-state index contributed by atoms with van der Waals surface area (Å²) in [6.07, 6.45) is -2.47. The molecule has 1 fully saturated rings. The van der Waals surface area contributed by atoms with Crippen LogP contribution < -0.4 is 20.1 Å². The van der Waals surface area contributed by atoms with Crippen molar-refractivity contribution in [2.24, 2.45) is 16.1 Å². The molecule has 2 heterocycles. The molecule has 4 rings (SSSR count). The van der Waals surface area contributed by atoms with Crippen molar-refractivity contribution in [2.45, 2.75) is 51.0 Å². The second-order valence-electron chi connectivity index (χ2n) is 12.7. The largest absolute Gasteiger partial charge is 0.491 e. The number of aromatic carboxylic acids is 1. The van der Waals surface area contributed by atoms with Crippen LogP contribution in [0.15, 0.2) is 70.4 Å². The third kappa shape index (κ3) is 16.5. The predicted molar refractivity (Wildman–Crippen MR) is 209 cm³/mol. The number of carboxylic acids is 1. The summed E-state index contributed by atoms with van der Waals surface area (Å²) in [5, 5.41) is 30.9. The number of benzene rings is 2. The summed E-state index contributed by atoms with van der Waals surface area (Å²) in [5.41, 5.74) is 17.4. The van der Waals surface area contributed by atoms with Gasteiger partial charge in [-0.3, -0.25) is 24.3 Å². The van der Waals surface area contributed by atoms with Crippen LogP contribution in [0.2, 0.25) is 0 Å². The Kier molecular flexibility index (Phi) is 19.4. The van der Waals surface area contributed by atoms with Gasteiger partial charge >= 0.3 is 5.97 Å². The monoisotopic (exact) mass is 840 g/mol. The van der Waals surface area contributed by atoms with Crippen molar-refractivity contribution in [2.75, 3.05) is 52.9 Å². The van der Waals surface area contributed by atoms with Crippen molar-refractivity contribution in [3.8, 4) is 23.3 Å². The SMILES string of the molecule is CCOC(COc1cccc(C(=O)NCC#CC2=CC(C3CC(O)C(COP(C)(C)=O)O3)C(=O)NC2=O)c1)N=[N+]=[N-].CCOC(COc1cccc(C(=O)O)c1)N=[N+]=[N-]. The normalized spacial score (nSPS) is 19.4. The van der Waals surface area contributed by atoms with Crippen LogP contribution in [0, 0.1) is 17.8 Å². The predicted octanol–water partition coefficient (Wildman–Crippen LogP) is 4.18. The highest BCUT2D eigenvalue weighted by Crippen LogP contribution is 2.39. The molecule has 4 N–H and O–H groups in total. The highest BCUT2D eigenvalue weighted by Gasteiger charge is 2.43. The van der Waals surface area contributed by atoms with E-state index in [-0.39, 0.29) is 43.9 Å². The van der Waals surface area contributed by atoms with E-state index in [0.717, 1.165) is 0 Å². The number of aliphatic hydroxyl groups is 1. The number of hydrogen-bond donors (Lipinski definition) is 4. The maximum absolute atomic E-state index is 12.6. The van der Waals surface area contributed by atoms with Gasteiger partial charge in [-0.2, -0.15) is 0 Å². The highest BCUT2D eigenvalue weighted by molar-refractivity contribution is 7.57. The molecule has 1 saturated heterocycles. The fourth-order valence-electron chi connectivity index (χ4n) is 5.24. The Labute approximate surface area is 339 Å². The van der Waals surface area contributed by atoms with Crippen molar-refractivity contribution in [3.05, 3.63) is 92.2 Å². The Bertz CT molecular complexity index is 2040. The van der Waals surface area contributed by atoms with Gasteiger partial charge in [-0.1, -0.05) is 34.2 Å². The van der Waals surface area contributed by atoms with E-state index < -0.39 is 67.7 Å². The van der Waals surface area contributed by atoms with Crippen LogP contribution in [0.25, 0.3) is 20.9 Å². The number of imide groups is 1. The smallest absolute Gasteiger partial charge is 0.335 e. The van der Waals surface area contributed by atoms with Crippen LogP contribution in [-0.2, 0) is 32.9 Å². The number of carbonyl (C=O) groups is 4. The molecule has 316 valence electrons. The Morgan fingerprint density at radius 3 is 2.12 bits per heavy atom. The van der Waals surface area contributed by atoms with Crippen LogP contribution >= 0.6 is 7.37 Å². The van der Waals surface area contributed by atoms with Crippen LogP contribution in [0.4, 0.5) is 0 Å². The zero-order valence-corrected chi connectivity index (χ0v) is 33.5. The maximum Gasteiger partial charge on any atom is 0.335 e. The minimum absolute atomic E-state index is 0.0209. The minimum Gasteiger partial charge on any atom is -0.491 e. The second kappa shape index (κ2) is 24.1. The lowest BCUT2D eigenvalue weighted by Gasteiger charge is -2.23. The quantitative estimate of drug-likeness (QED) is 0.0386. The summed E-state index contributed by atoms with van der Waals surface area (Å²) in [6, 6.07) is 12.4. The van der Waals surface area contributed by atoms with Crippen LogP contribution in [-0.4, -0.2) is 118 Å². The molecule has 2 aliphatic heterocycles. The Balaban J connectivity index is 0.000000431. The van der Waals surface area contributed by atoms with Crippen LogP contribution in [0.5, 0.6) is 11.5 Å². The van der Waals surface area contributed by atoms with Gasteiger partial charge in [0.25, 0.3) is 11.8 Å². The van der Waals surface area contributed by atoms with Crippen LogP contribution in [0.3, 0.4) is 0 Å². The van der Waals surface area contributed by atoms with Gasteiger partial charge in [0.05, 0.1) is 42.4 Å². The number of nitrogens with zero attached hydrogens (tertiary/aromatic N) is 6. The van der Waals surface area contributed by atoms with E-state index in [1.165, 1.54) is 37.6 Å². The fourth-order valence-corrected chi connectivity index (χ4v) is 5.75. The van der Waals surface area contributed by atoms with E-state index >= 15 is 0 Å². The lowest BCUT2D eigenvalue weighted by Crippen LogP contribution is -2.44. The molecule has 0 bridgehead atoms. The number of aliphatic hydroxyl groups excluding tert-OH is 1. The Hall–Kier alpha value is -5.93. The number of amides is 3. The van der Waals surface area contributed by atoms with E-state index in [1.807, 2.05) is 0 Å². The summed E-state index contributed by atoms with van der Waals surface area (Å²) in [4.78, 5) is 53.4. The molecule has 2 aromatic rings. The molecular weight excluding hydrogens is 795 g/mol. The molecule has 0 aromatic heterocycles. The first-order chi connectivity index (χ1) is 28.2. The van der Waals surface area contributed by atoms with Gasteiger partial charge in [-0.15, -0.1) is 0 Å². The zero-order valence-electron chi connectivity index (χ0n) is 32.6. The van der Waals surface area contributed by atoms with Crippen LogP contribution in [0.1, 0.15) is 41.0 Å². The van der Waals surface area contributed by atoms with E-state index in [1.54, 1.807) is 44.2 Å². The van der Waals surface area contributed by atoms with Gasteiger partial charge in [-0.25, -0.2) is 4.79 Å². The molecule has 3 amide bonds. The van der Waals surface area contributed by atoms with Crippen molar-refractivity contribution in [1.29, 1.82) is 0 Å². The minimum atomic E-state index is -2.78. The number of azide groups is 2. The molecular formula is C37H45N8O13P. The summed E-state index contributed by atoms with van der Waals surface area (Å²) in [6.45, 7) is 6.95. The molecule has 2 aromatic carbocycles. The molecule has 21 nitrogen and oxygen atoms in total. The van der Waals surface area contributed by atoms with Crippen molar-refractivity contribution < 1.29 is 62.2 Å². The molecule has 22 heteroatoms. The third-order valence-corrected chi connectivity index (χ3v) is 8.71.